The molecule has 0 spiro atoms. The number of aryl methyl sites for hydroxylation is 1. The van der Waals surface area contributed by atoms with Gasteiger partial charge < -0.3 is 10.6 Å². The van der Waals surface area contributed by atoms with Gasteiger partial charge in [-0.2, -0.15) is 0 Å². The summed E-state index contributed by atoms with van der Waals surface area (Å²) in [6.45, 7) is 2.13. The smallest absolute Gasteiger partial charge is 0.171 e. The molecule has 2 aromatic carbocycles. The van der Waals surface area contributed by atoms with Crippen LogP contribution in [0.25, 0.3) is 0 Å². The zero-order chi connectivity index (χ0) is 16.2. The second-order valence-corrected chi connectivity index (χ2v) is 7.07. The number of fused-ring (bicyclic) bond motifs is 1. The number of anilines is 1. The van der Waals surface area contributed by atoms with Crippen molar-refractivity contribution in [2.24, 2.45) is 0 Å². The first-order valence-electron chi connectivity index (χ1n) is 7.74. The van der Waals surface area contributed by atoms with Gasteiger partial charge in [-0.25, -0.2) is 4.39 Å². The van der Waals surface area contributed by atoms with E-state index in [2.05, 4.69) is 29.7 Å². The van der Waals surface area contributed by atoms with Crippen LogP contribution in [0.4, 0.5) is 10.1 Å². The highest BCUT2D eigenvalue weighted by atomic mass is 32.2. The molecule has 1 heterocycles. The topological polar surface area (TPSA) is 24.1 Å². The zero-order valence-corrected chi connectivity index (χ0v) is 14.6. The van der Waals surface area contributed by atoms with E-state index < -0.39 is 0 Å². The molecule has 5 heteroatoms. The average molecular weight is 346 g/mol. The second-order valence-electron chi connectivity index (χ2n) is 5.52. The molecule has 120 valence electrons. The van der Waals surface area contributed by atoms with E-state index >= 15 is 0 Å². The van der Waals surface area contributed by atoms with Crippen molar-refractivity contribution >= 4 is 34.8 Å². The highest BCUT2D eigenvalue weighted by Gasteiger charge is 2.21. The normalized spacial score (nSPS) is 16.5. The van der Waals surface area contributed by atoms with Crippen molar-refractivity contribution in [3.05, 3.63) is 59.4 Å². The first-order chi connectivity index (χ1) is 11.2. The maximum absolute atomic E-state index is 13.5. The number of rotatable bonds is 3. The van der Waals surface area contributed by atoms with Gasteiger partial charge in [0.2, 0.25) is 0 Å². The number of hydrogen-bond acceptors (Lipinski definition) is 2. The molecule has 1 aliphatic rings. The molecule has 0 amide bonds. The summed E-state index contributed by atoms with van der Waals surface area (Å²) in [5.74, 6) is 0.802. The summed E-state index contributed by atoms with van der Waals surface area (Å²) in [4.78, 5) is 1.13. The maximum Gasteiger partial charge on any atom is 0.171 e. The third kappa shape index (κ3) is 4.03. The number of halogens is 1. The van der Waals surface area contributed by atoms with Crippen molar-refractivity contribution in [1.82, 2.24) is 5.32 Å². The molecule has 0 fully saturated rings. The van der Waals surface area contributed by atoms with E-state index in [9.17, 15) is 4.39 Å². The predicted molar refractivity (Wildman–Crippen MR) is 99.7 cm³/mol. The Kier molecular flexibility index (Phi) is 5.18. The molecule has 3 rings (SSSR count). The van der Waals surface area contributed by atoms with E-state index in [1.54, 1.807) is 17.8 Å². The summed E-state index contributed by atoms with van der Waals surface area (Å²) < 4.78 is 13.5. The van der Waals surface area contributed by atoms with Gasteiger partial charge in [0.05, 0.1) is 6.04 Å². The summed E-state index contributed by atoms with van der Waals surface area (Å²) in [5.41, 5.74) is 3.25. The van der Waals surface area contributed by atoms with Crippen molar-refractivity contribution in [3.63, 3.8) is 0 Å². The Bertz CT molecular complexity index is 701. The number of nitrogens with one attached hydrogen (secondary N) is 2. The van der Waals surface area contributed by atoms with Crippen LogP contribution in [-0.2, 0) is 6.42 Å². The van der Waals surface area contributed by atoms with Gasteiger partial charge in [0.1, 0.15) is 5.82 Å². The maximum atomic E-state index is 13.5. The molecule has 0 bridgehead atoms. The fourth-order valence-corrected chi connectivity index (χ4v) is 4.03. The molecule has 0 radical (unpaired) electrons. The van der Waals surface area contributed by atoms with Crippen LogP contribution < -0.4 is 10.6 Å². The number of thiocarbonyl (C=S) groups is 1. The van der Waals surface area contributed by atoms with Gasteiger partial charge >= 0.3 is 0 Å². The minimum atomic E-state index is -0.202. The highest BCUT2D eigenvalue weighted by molar-refractivity contribution is 7.99. The molecule has 23 heavy (non-hydrogen) atoms. The van der Waals surface area contributed by atoms with Gasteiger partial charge in [0, 0.05) is 16.3 Å². The van der Waals surface area contributed by atoms with E-state index in [1.165, 1.54) is 11.6 Å². The summed E-state index contributed by atoms with van der Waals surface area (Å²) in [6.07, 6.45) is 1.95. The van der Waals surface area contributed by atoms with Crippen molar-refractivity contribution < 1.29 is 4.39 Å². The fourth-order valence-electron chi connectivity index (χ4n) is 2.66. The van der Waals surface area contributed by atoms with Crippen molar-refractivity contribution in [2.45, 2.75) is 30.7 Å². The molecule has 2 aromatic rings. The van der Waals surface area contributed by atoms with Crippen molar-refractivity contribution in [1.29, 1.82) is 0 Å². The van der Waals surface area contributed by atoms with E-state index in [0.29, 0.717) is 5.11 Å². The lowest BCUT2D eigenvalue weighted by Gasteiger charge is -2.27. The Morgan fingerprint density at radius 3 is 2.78 bits per heavy atom. The van der Waals surface area contributed by atoms with Crippen LogP contribution in [-0.4, -0.2) is 10.9 Å². The monoisotopic (exact) mass is 346 g/mol. The van der Waals surface area contributed by atoms with Crippen LogP contribution >= 0.6 is 24.0 Å². The van der Waals surface area contributed by atoms with Gasteiger partial charge in [-0.3, -0.25) is 0 Å². The minimum absolute atomic E-state index is 0.0527. The van der Waals surface area contributed by atoms with Crippen molar-refractivity contribution in [3.8, 4) is 0 Å². The minimum Gasteiger partial charge on any atom is -0.356 e. The molecule has 1 aliphatic heterocycles. The van der Waals surface area contributed by atoms with E-state index in [0.717, 1.165) is 34.7 Å². The van der Waals surface area contributed by atoms with E-state index in [4.69, 9.17) is 12.2 Å². The molecule has 0 saturated carbocycles. The van der Waals surface area contributed by atoms with Gasteiger partial charge in [0.25, 0.3) is 0 Å². The SMILES string of the molecule is CCc1ccc(NC(=S)N[C@@H]2CCSc3ccc(F)cc32)cc1. The molecule has 0 saturated heterocycles. The Balaban J connectivity index is 1.67. The van der Waals surface area contributed by atoms with Crippen LogP contribution in [0.3, 0.4) is 0 Å². The lowest BCUT2D eigenvalue weighted by molar-refractivity contribution is 0.587. The van der Waals surface area contributed by atoms with Crippen LogP contribution in [0.1, 0.15) is 30.5 Å². The fraction of sp³-hybridized carbons (Fsp3) is 0.278. The molecule has 0 aromatic heterocycles. The number of benzene rings is 2. The summed E-state index contributed by atoms with van der Waals surface area (Å²) >= 11 is 7.18. The molecular formula is C18H19FN2S2. The lowest BCUT2D eigenvalue weighted by atomic mass is 10.0. The average Bonchev–Trinajstić information content (AvgIpc) is 2.56. The summed E-state index contributed by atoms with van der Waals surface area (Å²) in [5, 5.41) is 7.10. The first-order valence-corrected chi connectivity index (χ1v) is 9.14. The van der Waals surface area contributed by atoms with Crippen LogP contribution in [0.15, 0.2) is 47.4 Å². The highest BCUT2D eigenvalue weighted by Crippen LogP contribution is 2.36. The first kappa shape index (κ1) is 16.3. The Morgan fingerprint density at radius 1 is 1.26 bits per heavy atom. The van der Waals surface area contributed by atoms with Gasteiger partial charge in [-0.15, -0.1) is 11.8 Å². The Hall–Kier alpha value is -1.59. The summed E-state index contributed by atoms with van der Waals surface area (Å²) in [7, 11) is 0. The van der Waals surface area contributed by atoms with Gasteiger partial charge in [-0.1, -0.05) is 19.1 Å². The van der Waals surface area contributed by atoms with Gasteiger partial charge in [0.15, 0.2) is 5.11 Å². The summed E-state index contributed by atoms with van der Waals surface area (Å²) in [6, 6.07) is 13.3. The lowest BCUT2D eigenvalue weighted by Crippen LogP contribution is -2.34. The van der Waals surface area contributed by atoms with Crippen LogP contribution in [0.2, 0.25) is 0 Å². The molecule has 0 aliphatic carbocycles. The largest absolute Gasteiger partial charge is 0.356 e. The van der Waals surface area contributed by atoms with Crippen molar-refractivity contribution in [2.75, 3.05) is 11.1 Å². The molecule has 0 unspecified atom stereocenters. The van der Waals surface area contributed by atoms with Crippen LogP contribution in [0, 0.1) is 5.82 Å². The number of thioether (sulfide) groups is 1. The predicted octanol–water partition coefficient (Wildman–Crippen LogP) is 4.91. The Labute approximate surface area is 145 Å². The Morgan fingerprint density at radius 2 is 2.04 bits per heavy atom. The molecule has 2 nitrogen and oxygen atoms in total. The second kappa shape index (κ2) is 7.32. The third-order valence-corrected chi connectivity index (χ3v) is 5.28. The quantitative estimate of drug-likeness (QED) is 0.771. The molecular weight excluding hydrogens is 327 g/mol. The number of hydrogen-bond donors (Lipinski definition) is 2. The molecule has 1 atom stereocenters. The zero-order valence-electron chi connectivity index (χ0n) is 12.9. The standard InChI is InChI=1S/C18H19FN2S2/c1-2-12-3-6-14(7-4-12)20-18(22)21-16-9-10-23-17-8-5-13(19)11-15(16)17/h3-8,11,16H,2,9-10H2,1H3,(H2,20,21,22)/t16-/m1/s1. The van der Waals surface area contributed by atoms with Gasteiger partial charge in [-0.05, 0) is 66.5 Å². The van der Waals surface area contributed by atoms with E-state index in [-0.39, 0.29) is 11.9 Å². The third-order valence-electron chi connectivity index (χ3n) is 3.94. The van der Waals surface area contributed by atoms with E-state index in [1.807, 2.05) is 18.2 Å². The molecule has 2 N–H and O–H groups in total. The van der Waals surface area contributed by atoms with Crippen LogP contribution in [0.5, 0.6) is 0 Å².